The van der Waals surface area contributed by atoms with Crippen molar-refractivity contribution in [1.82, 2.24) is 0 Å². The van der Waals surface area contributed by atoms with Gasteiger partial charge in [-0.25, -0.2) is 0 Å². The fourth-order valence-corrected chi connectivity index (χ4v) is 8.19. The Balaban J connectivity index is 1.19. The van der Waals surface area contributed by atoms with Crippen LogP contribution < -0.4 is 0 Å². The number of rotatable bonds is 28. The summed E-state index contributed by atoms with van der Waals surface area (Å²) in [4.78, 5) is 0. The van der Waals surface area contributed by atoms with Gasteiger partial charge in [-0.3, -0.25) is 0 Å². The monoisotopic (exact) mass is 904 g/mol. The Morgan fingerprint density at radius 1 is 0.537 bits per heavy atom. The minimum atomic E-state index is -0.759. The van der Waals surface area contributed by atoms with Crippen LogP contribution in [0.2, 0.25) is 0 Å². The van der Waals surface area contributed by atoms with Gasteiger partial charge in [0.2, 0.25) is 0 Å². The number of benzene rings is 6. The van der Waals surface area contributed by atoms with E-state index in [2.05, 4.69) is 25.3 Å². The third-order valence-electron chi connectivity index (χ3n) is 11.7. The molecule has 0 radical (unpaired) electrons. The van der Waals surface area contributed by atoms with Crippen LogP contribution in [0.1, 0.15) is 39.8 Å². The van der Waals surface area contributed by atoms with Crippen molar-refractivity contribution in [3.05, 3.63) is 240 Å². The van der Waals surface area contributed by atoms with Crippen LogP contribution in [0.4, 0.5) is 0 Å². The molecule has 7 rings (SSSR count). The Morgan fingerprint density at radius 2 is 0.955 bits per heavy atom. The maximum Gasteiger partial charge on any atom is 0.186 e. The topological polar surface area (TPSA) is 83.1 Å². The first-order chi connectivity index (χ1) is 33.1. The van der Waals surface area contributed by atoms with E-state index in [0.717, 1.165) is 33.4 Å². The molecule has 0 saturated carbocycles. The van der Waals surface area contributed by atoms with Crippen molar-refractivity contribution in [2.45, 2.75) is 89.0 Å². The van der Waals surface area contributed by atoms with Crippen molar-refractivity contribution in [3.63, 3.8) is 0 Å². The van der Waals surface area contributed by atoms with Gasteiger partial charge in [0.25, 0.3) is 0 Å². The van der Waals surface area contributed by atoms with E-state index < -0.39 is 42.9 Å². The quantitative estimate of drug-likeness (QED) is 0.0353. The number of methoxy groups -OCH3 is 1. The predicted molar refractivity (Wildman–Crippen MR) is 260 cm³/mol. The Morgan fingerprint density at radius 3 is 1.42 bits per heavy atom. The molecule has 350 valence electrons. The lowest BCUT2D eigenvalue weighted by molar-refractivity contribution is -0.306. The van der Waals surface area contributed by atoms with Crippen molar-refractivity contribution < 1.29 is 42.6 Å². The second-order valence-electron chi connectivity index (χ2n) is 16.6. The van der Waals surface area contributed by atoms with E-state index >= 15 is 0 Å². The Kier molecular flexibility index (Phi) is 20.0. The molecule has 1 fully saturated rings. The maximum atomic E-state index is 7.03. The van der Waals surface area contributed by atoms with Gasteiger partial charge < -0.3 is 42.6 Å². The molecule has 9 nitrogen and oxygen atoms in total. The standard InChI is InChI=1S/C58H64O9/c1-4-52(62-38-47-27-15-7-16-28-47)56(64-40-49-31-19-9-20-32-49)54(43-61-37-46-25-13-6-14-26-46)66-44(2)35-51-53(42-60-36-45-23-11-5-12-24-45)67-58(59-3)57(65-41-50-33-21-10-22-34-50)55(51)63-39-48-29-17-8-18-30-48/h4-34,51-58H,1-2,35-43H2,3H3/t51-,52+,53+,54+,55-,56-,57+,58-/m0/s1. The van der Waals surface area contributed by atoms with E-state index in [0.29, 0.717) is 51.8 Å². The zero-order valence-electron chi connectivity index (χ0n) is 38.5. The number of ether oxygens (including phenoxy) is 9. The van der Waals surface area contributed by atoms with Gasteiger partial charge in [-0.1, -0.05) is 195 Å². The van der Waals surface area contributed by atoms with Crippen molar-refractivity contribution in [3.8, 4) is 0 Å². The van der Waals surface area contributed by atoms with E-state index in [4.69, 9.17) is 42.6 Å². The summed E-state index contributed by atoms with van der Waals surface area (Å²) in [6.07, 6.45) is -2.25. The minimum Gasteiger partial charge on any atom is -0.490 e. The molecule has 1 aliphatic rings. The molecule has 9 heteroatoms. The second kappa shape index (κ2) is 27.2. The molecule has 0 amide bonds. The van der Waals surface area contributed by atoms with Crippen LogP contribution in [0, 0.1) is 5.92 Å². The molecule has 0 unspecified atom stereocenters. The summed E-state index contributed by atoms with van der Waals surface area (Å²) < 4.78 is 60.0. The first kappa shape index (κ1) is 49.2. The Hall–Kier alpha value is -5.72. The third kappa shape index (κ3) is 15.7. The van der Waals surface area contributed by atoms with E-state index in [1.807, 2.05) is 170 Å². The Labute approximate surface area is 396 Å². The number of allylic oxidation sites excluding steroid dienone is 1. The molecule has 8 atom stereocenters. The lowest BCUT2D eigenvalue weighted by Crippen LogP contribution is -2.58. The fraction of sp³-hybridized carbons (Fsp3) is 0.310. The molecule has 0 bridgehead atoms. The van der Waals surface area contributed by atoms with Crippen molar-refractivity contribution in [1.29, 1.82) is 0 Å². The number of hydrogen-bond acceptors (Lipinski definition) is 9. The first-order valence-corrected chi connectivity index (χ1v) is 23.1. The van der Waals surface area contributed by atoms with Crippen molar-refractivity contribution in [2.75, 3.05) is 20.3 Å². The molecule has 1 saturated heterocycles. The average molecular weight is 905 g/mol. The molecule has 0 spiro atoms. The zero-order chi connectivity index (χ0) is 46.3. The molecule has 67 heavy (non-hydrogen) atoms. The SMILES string of the molecule is C=C[C@@H](OCc1ccccc1)[C@H](OCc1ccccc1)[C@@H](COCc1ccccc1)OC(=C)C[C@@H]1[C@H](OCc2ccccc2)[C@@H](OCc2ccccc2)[C@@H](OC)O[C@@H]1COCc1ccccc1. The van der Waals surface area contributed by atoms with Crippen LogP contribution in [0.25, 0.3) is 0 Å². The van der Waals surface area contributed by atoms with Gasteiger partial charge in [-0.15, -0.1) is 6.58 Å². The Bertz CT molecular complexity index is 2260. The molecule has 6 aromatic rings. The molecule has 0 aliphatic carbocycles. The number of hydrogen-bond donors (Lipinski definition) is 0. The van der Waals surface area contributed by atoms with E-state index in [1.165, 1.54) is 0 Å². The highest BCUT2D eigenvalue weighted by atomic mass is 16.7. The normalized spacial score (nSPS) is 19.5. The lowest BCUT2D eigenvalue weighted by Gasteiger charge is -2.46. The second-order valence-corrected chi connectivity index (χ2v) is 16.6. The molecule has 1 heterocycles. The van der Waals surface area contributed by atoms with E-state index in [9.17, 15) is 0 Å². The molecule has 0 N–H and O–H groups in total. The van der Waals surface area contributed by atoms with Crippen LogP contribution in [0.5, 0.6) is 0 Å². The highest BCUT2D eigenvalue weighted by Gasteiger charge is 2.48. The summed E-state index contributed by atoms with van der Waals surface area (Å²) >= 11 is 0. The van der Waals surface area contributed by atoms with Gasteiger partial charge in [-0.05, 0) is 33.4 Å². The van der Waals surface area contributed by atoms with Crippen LogP contribution in [-0.4, -0.2) is 63.2 Å². The van der Waals surface area contributed by atoms with Gasteiger partial charge in [0.15, 0.2) is 12.4 Å². The van der Waals surface area contributed by atoms with Crippen molar-refractivity contribution in [2.24, 2.45) is 5.92 Å². The smallest absolute Gasteiger partial charge is 0.186 e. The zero-order valence-corrected chi connectivity index (χ0v) is 38.5. The average Bonchev–Trinajstić information content (AvgIpc) is 3.38. The minimum absolute atomic E-state index is 0.166. The highest BCUT2D eigenvalue weighted by Crippen LogP contribution is 2.37. The summed E-state index contributed by atoms with van der Waals surface area (Å²) in [5.74, 6) is 0.124. The third-order valence-corrected chi connectivity index (χ3v) is 11.7. The summed E-state index contributed by atoms with van der Waals surface area (Å²) in [5, 5.41) is 0. The van der Waals surface area contributed by atoms with Crippen molar-refractivity contribution >= 4 is 0 Å². The van der Waals surface area contributed by atoms with Gasteiger partial charge >= 0.3 is 0 Å². The molecule has 1 aliphatic heterocycles. The lowest BCUT2D eigenvalue weighted by atomic mass is 9.85. The van der Waals surface area contributed by atoms with Crippen LogP contribution >= 0.6 is 0 Å². The van der Waals surface area contributed by atoms with Gasteiger partial charge in [0, 0.05) is 19.4 Å². The van der Waals surface area contributed by atoms with Gasteiger partial charge in [-0.2, -0.15) is 0 Å². The van der Waals surface area contributed by atoms with Crippen LogP contribution in [0.3, 0.4) is 0 Å². The summed E-state index contributed by atoms with van der Waals surface area (Å²) in [6.45, 7) is 11.3. The summed E-state index contributed by atoms with van der Waals surface area (Å²) in [6, 6.07) is 60.4. The van der Waals surface area contributed by atoms with E-state index in [-0.39, 0.29) is 19.1 Å². The first-order valence-electron chi connectivity index (χ1n) is 23.1. The molecular weight excluding hydrogens is 841 g/mol. The molecule has 6 aromatic carbocycles. The largest absolute Gasteiger partial charge is 0.490 e. The van der Waals surface area contributed by atoms with Gasteiger partial charge in [0.05, 0.1) is 70.8 Å². The van der Waals surface area contributed by atoms with E-state index in [1.54, 1.807) is 13.2 Å². The van der Waals surface area contributed by atoms with Gasteiger partial charge in [0.1, 0.15) is 18.3 Å². The van der Waals surface area contributed by atoms with Crippen LogP contribution in [0.15, 0.2) is 207 Å². The molecule has 0 aromatic heterocycles. The van der Waals surface area contributed by atoms with Crippen LogP contribution in [-0.2, 0) is 82.3 Å². The summed E-state index contributed by atoms with van der Waals surface area (Å²) in [7, 11) is 1.63. The predicted octanol–water partition coefficient (Wildman–Crippen LogP) is 11.2. The fourth-order valence-electron chi connectivity index (χ4n) is 8.19. The molecular formula is C58H64O9. The highest BCUT2D eigenvalue weighted by molar-refractivity contribution is 5.18. The maximum absolute atomic E-state index is 7.03. The summed E-state index contributed by atoms with van der Waals surface area (Å²) in [5.41, 5.74) is 6.16.